The van der Waals surface area contributed by atoms with Crippen molar-refractivity contribution >= 4 is 25.5 Å². The molecule has 0 amide bonds. The van der Waals surface area contributed by atoms with Crippen molar-refractivity contribution in [1.82, 2.24) is 0 Å². The van der Waals surface area contributed by atoms with Crippen molar-refractivity contribution in [2.45, 2.75) is 169 Å². The number of hydrogen-bond donors (Lipinski definition) is 0. The molecule has 0 spiro atoms. The smallest absolute Gasteiger partial charge is 0.306 e. The Morgan fingerprint density at radius 2 is 1.30 bits per heavy atom. The minimum absolute atomic E-state index is 0.0595. The number of ether oxygens (including phenoxy) is 2. The molecule has 0 bridgehead atoms. The summed E-state index contributed by atoms with van der Waals surface area (Å²) >= 11 is 0. The minimum Gasteiger partial charge on any atom is -0.756 e. The molecule has 322 valence electrons. The summed E-state index contributed by atoms with van der Waals surface area (Å²) in [4.78, 5) is 49.6. The maximum atomic E-state index is 12.7. The highest BCUT2D eigenvalue weighted by Crippen LogP contribution is 2.38. The number of hydrogen-bond acceptors (Lipinski definition) is 10. The lowest BCUT2D eigenvalue weighted by Gasteiger charge is -2.28. The SMILES string of the molecule is CCCCC/C=C\C=C\C(=O)CCCCCCCC(=O)OC[C@H](COP(=O)([O-])OCC[N+](C)(C)C)OC(=O)CCCCCCCCc1oc(CCC)c(C)c1C. The molecule has 1 aromatic rings. The number of phosphoric acid groups is 1. The molecule has 1 unspecified atom stereocenters. The van der Waals surface area contributed by atoms with Crippen molar-refractivity contribution in [3.05, 3.63) is 47.0 Å². The molecule has 1 rings (SSSR count). The normalized spacial score (nSPS) is 13.7. The van der Waals surface area contributed by atoms with Gasteiger partial charge in [-0.05, 0) is 76.0 Å². The molecule has 2 atom stereocenters. The van der Waals surface area contributed by atoms with E-state index in [4.69, 9.17) is 22.9 Å². The van der Waals surface area contributed by atoms with E-state index in [1.807, 2.05) is 33.3 Å². The zero-order valence-corrected chi connectivity index (χ0v) is 36.9. The van der Waals surface area contributed by atoms with Crippen LogP contribution in [0.3, 0.4) is 0 Å². The number of phosphoric ester groups is 1. The van der Waals surface area contributed by atoms with Crippen molar-refractivity contribution in [2.75, 3.05) is 47.5 Å². The zero-order valence-electron chi connectivity index (χ0n) is 36.0. The maximum absolute atomic E-state index is 12.7. The number of quaternary nitrogens is 1. The highest BCUT2D eigenvalue weighted by atomic mass is 31.2. The Morgan fingerprint density at radius 1 is 0.714 bits per heavy atom. The van der Waals surface area contributed by atoms with Gasteiger partial charge in [0.1, 0.15) is 31.3 Å². The van der Waals surface area contributed by atoms with Crippen LogP contribution in [-0.2, 0) is 50.3 Å². The van der Waals surface area contributed by atoms with Crippen LogP contribution >= 0.6 is 7.82 Å². The summed E-state index contributed by atoms with van der Waals surface area (Å²) in [6.45, 7) is 8.17. The maximum Gasteiger partial charge on any atom is 0.306 e. The molecule has 0 aliphatic rings. The van der Waals surface area contributed by atoms with Crippen LogP contribution in [0, 0.1) is 13.8 Å². The summed E-state index contributed by atoms with van der Waals surface area (Å²) in [5, 5.41) is 0. The second kappa shape index (κ2) is 30.5. The van der Waals surface area contributed by atoms with Gasteiger partial charge in [0.15, 0.2) is 11.9 Å². The van der Waals surface area contributed by atoms with E-state index in [1.54, 1.807) is 6.08 Å². The van der Waals surface area contributed by atoms with Crippen molar-refractivity contribution in [3.8, 4) is 0 Å². The summed E-state index contributed by atoms with van der Waals surface area (Å²) < 4.78 is 39.9. The molecule has 0 fully saturated rings. The van der Waals surface area contributed by atoms with Gasteiger partial charge in [0, 0.05) is 32.1 Å². The first-order valence-corrected chi connectivity index (χ1v) is 22.8. The lowest BCUT2D eigenvalue weighted by atomic mass is 10.0. The van der Waals surface area contributed by atoms with Crippen LogP contribution in [0.15, 0.2) is 28.7 Å². The van der Waals surface area contributed by atoms with Gasteiger partial charge >= 0.3 is 11.9 Å². The number of nitrogens with zero attached hydrogens (tertiary/aromatic N) is 1. The third-order valence-electron chi connectivity index (χ3n) is 9.62. The number of carbonyl (C=O) groups excluding carboxylic acids is 3. The molecule has 1 aromatic heterocycles. The Balaban J connectivity index is 2.41. The number of carbonyl (C=O) groups is 3. The topological polar surface area (TPSA) is 141 Å². The van der Waals surface area contributed by atoms with Crippen LogP contribution in [-0.4, -0.2) is 75.8 Å². The highest BCUT2D eigenvalue weighted by Gasteiger charge is 2.22. The van der Waals surface area contributed by atoms with Gasteiger partial charge in [0.2, 0.25) is 0 Å². The predicted octanol–water partition coefficient (Wildman–Crippen LogP) is 9.78. The Labute approximate surface area is 339 Å². The summed E-state index contributed by atoms with van der Waals surface area (Å²) in [7, 11) is 1.07. The summed E-state index contributed by atoms with van der Waals surface area (Å²) in [6, 6.07) is 0. The number of aryl methyl sites for hydroxylation is 2. The first-order chi connectivity index (χ1) is 26.7. The number of likely N-dealkylation sites (N-methyl/N-ethyl adjacent to an activating group) is 1. The lowest BCUT2D eigenvalue weighted by molar-refractivity contribution is -0.870. The average Bonchev–Trinajstić information content (AvgIpc) is 3.40. The van der Waals surface area contributed by atoms with Gasteiger partial charge in [0.05, 0.1) is 27.7 Å². The number of furan rings is 1. The van der Waals surface area contributed by atoms with Crippen LogP contribution in [0.2, 0.25) is 0 Å². The van der Waals surface area contributed by atoms with Crippen LogP contribution < -0.4 is 4.89 Å². The lowest BCUT2D eigenvalue weighted by Crippen LogP contribution is -2.37. The van der Waals surface area contributed by atoms with Crippen LogP contribution in [0.5, 0.6) is 0 Å². The largest absolute Gasteiger partial charge is 0.756 e. The molecule has 56 heavy (non-hydrogen) atoms. The van der Waals surface area contributed by atoms with Crippen LogP contribution in [0.4, 0.5) is 0 Å². The monoisotopic (exact) mass is 810 g/mol. The van der Waals surface area contributed by atoms with Crippen molar-refractivity contribution < 1.29 is 51.3 Å². The zero-order chi connectivity index (χ0) is 41.7. The fourth-order valence-corrected chi connectivity index (χ4v) is 6.70. The van der Waals surface area contributed by atoms with Crippen molar-refractivity contribution in [3.63, 3.8) is 0 Å². The molecular weight excluding hydrogens is 733 g/mol. The number of ketones is 1. The third kappa shape index (κ3) is 27.1. The fourth-order valence-electron chi connectivity index (χ4n) is 5.98. The van der Waals surface area contributed by atoms with Gasteiger partial charge in [0.25, 0.3) is 7.82 Å². The van der Waals surface area contributed by atoms with E-state index in [0.717, 1.165) is 95.0 Å². The first kappa shape index (κ1) is 51.5. The Morgan fingerprint density at radius 3 is 1.93 bits per heavy atom. The molecule has 0 aliphatic carbocycles. The van der Waals surface area contributed by atoms with E-state index in [2.05, 4.69) is 33.8 Å². The van der Waals surface area contributed by atoms with Crippen LogP contribution in [0.1, 0.15) is 158 Å². The molecule has 12 heteroatoms. The highest BCUT2D eigenvalue weighted by molar-refractivity contribution is 7.45. The Kier molecular flexibility index (Phi) is 28.0. The number of esters is 2. The van der Waals surface area contributed by atoms with E-state index >= 15 is 0 Å². The average molecular weight is 810 g/mol. The first-order valence-electron chi connectivity index (χ1n) is 21.4. The number of unbranched alkanes of at least 4 members (excludes halogenated alkanes) is 12. The Bertz CT molecular complexity index is 1350. The molecule has 0 N–H and O–H groups in total. The second-order valence-corrected chi connectivity index (χ2v) is 17.4. The molecule has 0 saturated carbocycles. The quantitative estimate of drug-likeness (QED) is 0.0162. The molecular formula is C44H76NO10P. The predicted molar refractivity (Wildman–Crippen MR) is 221 cm³/mol. The molecule has 0 radical (unpaired) electrons. The fraction of sp³-hybridized carbons (Fsp3) is 0.750. The van der Waals surface area contributed by atoms with E-state index in [9.17, 15) is 23.8 Å². The van der Waals surface area contributed by atoms with Gasteiger partial charge in [-0.1, -0.05) is 89.9 Å². The summed E-state index contributed by atoms with van der Waals surface area (Å²) in [6.07, 6.45) is 24.6. The minimum atomic E-state index is -4.67. The van der Waals surface area contributed by atoms with Crippen molar-refractivity contribution in [2.24, 2.45) is 0 Å². The molecule has 1 heterocycles. The summed E-state index contributed by atoms with van der Waals surface area (Å²) in [5.41, 5.74) is 2.55. The molecule has 0 aromatic carbocycles. The van der Waals surface area contributed by atoms with Crippen molar-refractivity contribution in [1.29, 1.82) is 0 Å². The van der Waals surface area contributed by atoms with E-state index < -0.39 is 32.5 Å². The van der Waals surface area contributed by atoms with E-state index in [0.29, 0.717) is 30.3 Å². The van der Waals surface area contributed by atoms with Gasteiger partial charge in [-0.15, -0.1) is 0 Å². The van der Waals surface area contributed by atoms with Crippen LogP contribution in [0.25, 0.3) is 0 Å². The molecule has 11 nitrogen and oxygen atoms in total. The number of allylic oxidation sites excluding steroid dienone is 4. The van der Waals surface area contributed by atoms with Gasteiger partial charge in [-0.3, -0.25) is 18.9 Å². The number of rotatable bonds is 35. The molecule has 0 aliphatic heterocycles. The van der Waals surface area contributed by atoms with Gasteiger partial charge in [-0.2, -0.15) is 0 Å². The van der Waals surface area contributed by atoms with Gasteiger partial charge < -0.3 is 32.3 Å². The summed E-state index contributed by atoms with van der Waals surface area (Å²) in [5.74, 6) is 1.37. The Hall–Kier alpha value is -2.56. The molecule has 0 saturated heterocycles. The third-order valence-corrected chi connectivity index (χ3v) is 10.6. The van der Waals surface area contributed by atoms with E-state index in [1.165, 1.54) is 30.4 Å². The second-order valence-electron chi connectivity index (χ2n) is 16.0. The van der Waals surface area contributed by atoms with Gasteiger partial charge in [-0.25, -0.2) is 0 Å². The van der Waals surface area contributed by atoms with E-state index in [-0.39, 0.29) is 31.8 Å². The standard InChI is InChI=1S/C44H76NO10P/c1-8-10-11-12-13-17-22-28-39(46)29-23-18-16-21-25-31-43(47)51-35-40(36-53-56(49,50)52-34-33-45(5,6)7)54-44(48)32-26-20-15-14-19-24-30-42-38(4)37(3)41(55-42)27-9-2/h13,17,22,28,40H,8-12,14-16,18-21,23-27,29-36H2,1-7H3/b17-13-,28-22+/t40-/m1/s1.